The first-order chi connectivity index (χ1) is 10.2. The average Bonchev–Trinajstić information content (AvgIpc) is 2.80. The van der Waals surface area contributed by atoms with E-state index in [9.17, 15) is 4.79 Å². The van der Waals surface area contributed by atoms with Crippen molar-refractivity contribution < 1.29 is 4.79 Å². The van der Waals surface area contributed by atoms with Crippen molar-refractivity contribution in [2.24, 2.45) is 0 Å². The van der Waals surface area contributed by atoms with Gasteiger partial charge >= 0.3 is 0 Å². The number of piperidine rings is 1. The minimum atomic E-state index is 0.200. The van der Waals surface area contributed by atoms with Gasteiger partial charge in [0, 0.05) is 39.7 Å². The molecule has 0 aliphatic carbocycles. The molecular weight excluding hydrogens is 348 g/mol. The Hall–Kier alpha value is -0.520. The third kappa shape index (κ3) is 4.47. The number of halogens is 1. The molecule has 2 aliphatic heterocycles. The zero-order valence-electron chi connectivity index (χ0n) is 12.0. The summed E-state index contributed by atoms with van der Waals surface area (Å²) in [4.78, 5) is 13.3. The van der Waals surface area contributed by atoms with Crippen molar-refractivity contribution in [1.82, 2.24) is 10.6 Å². The van der Waals surface area contributed by atoms with E-state index in [1.807, 2.05) is 12.1 Å². The van der Waals surface area contributed by atoms with Crippen LogP contribution in [-0.2, 0) is 4.79 Å². The van der Waals surface area contributed by atoms with E-state index in [0.717, 1.165) is 23.1 Å². The van der Waals surface area contributed by atoms with E-state index in [-0.39, 0.29) is 5.91 Å². The van der Waals surface area contributed by atoms with Crippen LogP contribution in [-0.4, -0.2) is 29.8 Å². The van der Waals surface area contributed by atoms with Crippen molar-refractivity contribution in [3.63, 3.8) is 0 Å². The molecule has 2 fully saturated rings. The summed E-state index contributed by atoms with van der Waals surface area (Å²) in [7, 11) is 0. The molecule has 21 heavy (non-hydrogen) atoms. The summed E-state index contributed by atoms with van der Waals surface area (Å²) in [5, 5.41) is 6.82. The molecule has 3 nitrogen and oxygen atoms in total. The summed E-state index contributed by atoms with van der Waals surface area (Å²) in [6.07, 6.45) is 5.34. The number of thioether (sulfide) groups is 1. The molecule has 1 amide bonds. The van der Waals surface area contributed by atoms with Gasteiger partial charge in [0.05, 0.1) is 0 Å². The molecule has 2 bridgehead atoms. The van der Waals surface area contributed by atoms with Crippen LogP contribution in [0.4, 0.5) is 0 Å². The van der Waals surface area contributed by atoms with Crippen LogP contribution in [0.5, 0.6) is 0 Å². The molecule has 2 saturated heterocycles. The smallest absolute Gasteiger partial charge is 0.221 e. The fraction of sp³-hybridized carbons (Fsp3) is 0.562. The second kappa shape index (κ2) is 7.16. The van der Waals surface area contributed by atoms with Crippen molar-refractivity contribution in [2.45, 2.75) is 55.1 Å². The van der Waals surface area contributed by atoms with Gasteiger partial charge in [-0.1, -0.05) is 15.9 Å². The van der Waals surface area contributed by atoms with Gasteiger partial charge in [0.25, 0.3) is 0 Å². The van der Waals surface area contributed by atoms with Crippen molar-refractivity contribution in [3.05, 3.63) is 28.7 Å². The van der Waals surface area contributed by atoms with Crippen molar-refractivity contribution in [2.75, 3.05) is 5.75 Å². The first kappa shape index (κ1) is 15.4. The lowest BCUT2D eigenvalue weighted by atomic mass is 10.00. The Morgan fingerprint density at radius 1 is 1.24 bits per heavy atom. The normalized spacial score (nSPS) is 27.6. The fourth-order valence-electron chi connectivity index (χ4n) is 3.27. The largest absolute Gasteiger partial charge is 0.353 e. The van der Waals surface area contributed by atoms with Crippen molar-refractivity contribution in [1.29, 1.82) is 0 Å². The van der Waals surface area contributed by atoms with Crippen LogP contribution in [0.1, 0.15) is 32.1 Å². The number of hydrogen-bond acceptors (Lipinski definition) is 3. The number of benzene rings is 1. The fourth-order valence-corrected chi connectivity index (χ4v) is 4.38. The lowest BCUT2D eigenvalue weighted by Crippen LogP contribution is -2.48. The molecule has 114 valence electrons. The van der Waals surface area contributed by atoms with Gasteiger partial charge in [-0.15, -0.1) is 11.8 Å². The maximum atomic E-state index is 12.0. The zero-order valence-corrected chi connectivity index (χ0v) is 14.4. The summed E-state index contributed by atoms with van der Waals surface area (Å²) in [5.41, 5.74) is 0. The molecule has 2 N–H and O–H groups in total. The van der Waals surface area contributed by atoms with E-state index in [0.29, 0.717) is 24.5 Å². The lowest BCUT2D eigenvalue weighted by molar-refractivity contribution is -0.121. The van der Waals surface area contributed by atoms with Crippen LogP contribution >= 0.6 is 27.7 Å². The highest BCUT2D eigenvalue weighted by Gasteiger charge is 2.33. The number of fused-ring (bicyclic) bond motifs is 2. The van der Waals surface area contributed by atoms with Crippen LogP contribution in [0, 0.1) is 0 Å². The van der Waals surface area contributed by atoms with E-state index < -0.39 is 0 Å². The molecule has 0 aromatic heterocycles. The Kier molecular flexibility index (Phi) is 5.24. The van der Waals surface area contributed by atoms with Gasteiger partial charge in [-0.2, -0.15) is 0 Å². The van der Waals surface area contributed by atoms with Gasteiger partial charge in [-0.25, -0.2) is 0 Å². The standard InChI is InChI=1S/C16H21BrN2OS/c17-11-1-5-15(6-2-11)21-8-7-16(20)19-14-9-12-3-4-13(10-14)18-12/h1-2,5-6,12-14,18H,3-4,7-10H2,(H,19,20). The minimum Gasteiger partial charge on any atom is -0.353 e. The molecule has 5 heteroatoms. The van der Waals surface area contributed by atoms with Crippen LogP contribution in [0.2, 0.25) is 0 Å². The summed E-state index contributed by atoms with van der Waals surface area (Å²) in [5.74, 6) is 1.04. The second-order valence-electron chi connectivity index (χ2n) is 5.93. The number of nitrogens with one attached hydrogen (secondary N) is 2. The minimum absolute atomic E-state index is 0.200. The van der Waals surface area contributed by atoms with Crippen LogP contribution < -0.4 is 10.6 Å². The Balaban J connectivity index is 1.37. The van der Waals surface area contributed by atoms with Gasteiger partial charge in [0.2, 0.25) is 5.91 Å². The highest BCUT2D eigenvalue weighted by Crippen LogP contribution is 2.27. The van der Waals surface area contributed by atoms with Crippen LogP contribution in [0.15, 0.2) is 33.6 Å². The maximum Gasteiger partial charge on any atom is 0.221 e. The van der Waals surface area contributed by atoms with E-state index >= 15 is 0 Å². The second-order valence-corrected chi connectivity index (χ2v) is 8.01. The number of rotatable bonds is 5. The number of carbonyl (C=O) groups excluding carboxylic acids is 1. The SMILES string of the molecule is O=C(CCSc1ccc(Br)cc1)NC1CC2CCC(C1)N2. The first-order valence-corrected chi connectivity index (χ1v) is 9.40. The van der Waals surface area contributed by atoms with Crippen molar-refractivity contribution in [3.8, 4) is 0 Å². The maximum absolute atomic E-state index is 12.0. The number of amides is 1. The highest BCUT2D eigenvalue weighted by atomic mass is 79.9. The van der Waals surface area contributed by atoms with Crippen LogP contribution in [0.3, 0.4) is 0 Å². The predicted octanol–water partition coefficient (Wildman–Crippen LogP) is 3.33. The molecule has 2 heterocycles. The topological polar surface area (TPSA) is 41.1 Å². The summed E-state index contributed by atoms with van der Waals surface area (Å²) in [6, 6.07) is 9.88. The molecule has 1 aromatic rings. The van der Waals surface area contributed by atoms with Gasteiger partial charge < -0.3 is 10.6 Å². The van der Waals surface area contributed by atoms with E-state index in [4.69, 9.17) is 0 Å². The van der Waals surface area contributed by atoms with E-state index in [1.54, 1.807) is 11.8 Å². The first-order valence-electron chi connectivity index (χ1n) is 7.63. The Morgan fingerprint density at radius 3 is 2.57 bits per heavy atom. The molecule has 0 spiro atoms. The molecule has 2 unspecified atom stereocenters. The number of hydrogen-bond donors (Lipinski definition) is 2. The summed E-state index contributed by atoms with van der Waals surface area (Å²) >= 11 is 5.17. The quantitative estimate of drug-likeness (QED) is 0.783. The third-order valence-corrected chi connectivity index (χ3v) is 5.79. The highest BCUT2D eigenvalue weighted by molar-refractivity contribution is 9.10. The summed E-state index contributed by atoms with van der Waals surface area (Å²) in [6.45, 7) is 0. The molecule has 3 rings (SSSR count). The van der Waals surface area contributed by atoms with Gasteiger partial charge in [0.15, 0.2) is 0 Å². The molecule has 2 aliphatic rings. The zero-order chi connectivity index (χ0) is 14.7. The number of carbonyl (C=O) groups is 1. The Bertz CT molecular complexity index is 482. The molecule has 0 saturated carbocycles. The summed E-state index contributed by atoms with van der Waals surface area (Å²) < 4.78 is 1.09. The monoisotopic (exact) mass is 368 g/mol. The molecule has 1 aromatic carbocycles. The van der Waals surface area contributed by atoms with Gasteiger partial charge in [-0.3, -0.25) is 4.79 Å². The average molecular weight is 369 g/mol. The van der Waals surface area contributed by atoms with E-state index in [2.05, 4.69) is 38.7 Å². The Morgan fingerprint density at radius 2 is 1.90 bits per heavy atom. The van der Waals surface area contributed by atoms with Crippen LogP contribution in [0.25, 0.3) is 0 Å². The predicted molar refractivity (Wildman–Crippen MR) is 90.6 cm³/mol. The van der Waals surface area contributed by atoms with Crippen molar-refractivity contribution >= 4 is 33.6 Å². The molecule has 2 atom stereocenters. The molecule has 0 radical (unpaired) electrons. The van der Waals surface area contributed by atoms with Gasteiger partial charge in [0.1, 0.15) is 0 Å². The Labute approximate surface area is 138 Å². The molecular formula is C16H21BrN2OS. The van der Waals surface area contributed by atoms with E-state index in [1.165, 1.54) is 17.7 Å². The lowest BCUT2D eigenvalue weighted by Gasteiger charge is -2.29. The third-order valence-electron chi connectivity index (χ3n) is 4.25. The van der Waals surface area contributed by atoms with Gasteiger partial charge in [-0.05, 0) is 49.9 Å².